The monoisotopic (exact) mass is 1430 g/mol. The van der Waals surface area contributed by atoms with E-state index in [4.69, 9.17) is 5.73 Å². The molecule has 20 N–H and O–H groups in total. The van der Waals surface area contributed by atoms with Crippen LogP contribution in [0.4, 0.5) is 0 Å². The van der Waals surface area contributed by atoms with Gasteiger partial charge in [0.25, 0.3) is 0 Å². The summed E-state index contributed by atoms with van der Waals surface area (Å²) in [5.74, 6) is -11.3. The Morgan fingerprint density at radius 2 is 0.657 bits per heavy atom. The first-order valence-corrected chi connectivity index (χ1v) is 33.9. The number of imidazole rings is 4. The smallest absolute Gasteiger partial charge is 0.326 e. The number of phenols is 3. The summed E-state index contributed by atoms with van der Waals surface area (Å²) in [6, 6.07) is 1.90. The van der Waals surface area contributed by atoms with Crippen LogP contribution in [0.1, 0.15) is 79.0 Å². The maximum atomic E-state index is 15.1. The molecule has 0 aliphatic carbocycles. The van der Waals surface area contributed by atoms with E-state index in [9.17, 15) is 68.7 Å². The fourth-order valence-corrected chi connectivity index (χ4v) is 11.1. The van der Waals surface area contributed by atoms with Gasteiger partial charge in [-0.25, -0.2) is 24.7 Å². The van der Waals surface area contributed by atoms with Crippen molar-refractivity contribution < 1.29 is 78.3 Å². The zero-order chi connectivity index (χ0) is 73.8. The highest BCUT2D eigenvalue weighted by Crippen LogP contribution is 2.18. The van der Waals surface area contributed by atoms with Crippen molar-refractivity contribution in [2.24, 2.45) is 11.7 Å². The van der Waals surface area contributed by atoms with E-state index in [0.29, 0.717) is 22.4 Å². The van der Waals surface area contributed by atoms with Gasteiger partial charge in [0, 0.05) is 76.2 Å². The highest BCUT2D eigenvalue weighted by molar-refractivity contribution is 7.98. The third-order valence-electron chi connectivity index (χ3n) is 16.0. The largest absolute Gasteiger partial charge is 0.508 e. The van der Waals surface area contributed by atoms with Crippen LogP contribution in [0.5, 0.6) is 17.2 Å². The van der Waals surface area contributed by atoms with Crippen molar-refractivity contribution in [1.29, 1.82) is 0 Å². The summed E-state index contributed by atoms with van der Waals surface area (Å²) in [5.41, 5.74) is 8.45. The maximum absolute atomic E-state index is 15.1. The van der Waals surface area contributed by atoms with Gasteiger partial charge in [-0.1, -0.05) is 50.2 Å². The number of carbonyl (C=O) groups is 11. The van der Waals surface area contributed by atoms with Gasteiger partial charge in [-0.15, -0.1) is 0 Å². The molecule has 0 spiro atoms. The van der Waals surface area contributed by atoms with Gasteiger partial charge >= 0.3 is 11.9 Å². The number of phenolic OH excluding ortho intramolecular Hbond substituents is 3. The van der Waals surface area contributed by atoms with Crippen LogP contribution in [0, 0.1) is 5.92 Å². The number of aromatic hydroxyl groups is 3. The molecule has 7 rings (SSSR count). The summed E-state index contributed by atoms with van der Waals surface area (Å²) in [7, 11) is 0. The van der Waals surface area contributed by atoms with Crippen molar-refractivity contribution in [2.75, 3.05) is 12.0 Å². The topological polar surface area (TPSA) is 538 Å². The number of carboxylic acid groups (broad SMARTS) is 2. The van der Waals surface area contributed by atoms with Gasteiger partial charge < -0.3 is 99.1 Å². The fraction of sp³-hybridized carbons (Fsp3) is 0.388. The number of amides is 9. The molecule has 0 fully saturated rings. The van der Waals surface area contributed by atoms with Crippen LogP contribution in [0.2, 0.25) is 0 Å². The van der Waals surface area contributed by atoms with E-state index in [1.807, 2.05) is 6.26 Å². The summed E-state index contributed by atoms with van der Waals surface area (Å²) in [6.45, 7) is 3.51. The van der Waals surface area contributed by atoms with Crippen LogP contribution >= 0.6 is 11.8 Å². The molecular weight excluding hydrogens is 1340 g/mol. The second-order valence-electron chi connectivity index (χ2n) is 24.5. The van der Waals surface area contributed by atoms with Crippen LogP contribution in [-0.2, 0) is 97.7 Å². The van der Waals surface area contributed by atoms with Crippen LogP contribution in [0.25, 0.3) is 0 Å². The number of nitrogens with zero attached hydrogens (tertiary/aromatic N) is 4. The number of nitrogens with two attached hydrogens (primary N) is 1. The van der Waals surface area contributed by atoms with E-state index in [2.05, 4.69) is 87.7 Å². The Kier molecular flexibility index (Phi) is 29.5. The van der Waals surface area contributed by atoms with Crippen molar-refractivity contribution in [3.8, 4) is 17.2 Å². The van der Waals surface area contributed by atoms with E-state index in [0.717, 1.165) is 0 Å². The molecule has 10 atom stereocenters. The molecule has 102 heavy (non-hydrogen) atoms. The molecule has 0 aliphatic heterocycles. The van der Waals surface area contributed by atoms with E-state index < -0.39 is 138 Å². The fourth-order valence-electron chi connectivity index (χ4n) is 10.6. The number of aromatic amines is 4. The minimum Gasteiger partial charge on any atom is -0.508 e. The zero-order valence-corrected chi connectivity index (χ0v) is 56.7. The molecule has 0 radical (unpaired) electrons. The molecular formula is C67H84N18O16S. The lowest BCUT2D eigenvalue weighted by atomic mass is 10.0. The van der Waals surface area contributed by atoms with Gasteiger partial charge in [0.1, 0.15) is 71.6 Å². The van der Waals surface area contributed by atoms with Crippen molar-refractivity contribution in [3.05, 3.63) is 162 Å². The van der Waals surface area contributed by atoms with Crippen LogP contribution < -0.4 is 53.6 Å². The predicted molar refractivity (Wildman–Crippen MR) is 367 cm³/mol. The Labute approximate surface area is 588 Å². The van der Waals surface area contributed by atoms with Gasteiger partial charge in [0.05, 0.1) is 54.1 Å². The lowest BCUT2D eigenvalue weighted by Gasteiger charge is -2.28. The van der Waals surface area contributed by atoms with Crippen LogP contribution in [0.15, 0.2) is 123 Å². The van der Waals surface area contributed by atoms with Crippen LogP contribution in [-0.4, -0.2) is 203 Å². The molecule has 34 nitrogen and oxygen atoms in total. The molecule has 7 aromatic rings. The minimum absolute atomic E-state index is 0.0343. The summed E-state index contributed by atoms with van der Waals surface area (Å²) >= 11 is 1.46. The van der Waals surface area contributed by atoms with Gasteiger partial charge in [0.15, 0.2) is 0 Å². The number of aromatic nitrogens is 8. The van der Waals surface area contributed by atoms with Gasteiger partial charge in [-0.3, -0.25) is 47.9 Å². The number of thioether (sulfide) groups is 1. The SMILES string of the molecule is CSCC[C@H](N)C(=O)N[C@@H](Cc1ccc(O)cc1)C(=O)N[C@@H](Cc1ccc(O)cc1)C(=O)N[C@@H](Cc1c[nH]cn1)C(=O)N[C@@H](Cc1c[nH]cn1)C(=O)N[C@@H](Cc1ccc(O)cc1)C(=O)N[C@@H](CCC(=O)O)C(=O)N[C@@H](Cc1c[nH]cn1)C(=O)N[C@@H](Cc1c[nH]cn1)C(=O)N[C@@H](CC(C)C)C(=O)O. The lowest BCUT2D eigenvalue weighted by molar-refractivity contribution is -0.143. The molecule has 0 aliphatic rings. The van der Waals surface area contributed by atoms with E-state index in [1.54, 1.807) is 13.8 Å². The number of carboxylic acids is 2. The third kappa shape index (κ3) is 25.3. The number of hydrogen-bond acceptors (Lipinski definition) is 20. The molecule has 0 bridgehead atoms. The number of hydrogen-bond donors (Lipinski definition) is 19. The van der Waals surface area contributed by atoms with Gasteiger partial charge in [-0.05, 0) is 90.3 Å². The zero-order valence-electron chi connectivity index (χ0n) is 55.9. The van der Waals surface area contributed by atoms with Crippen molar-refractivity contribution >= 4 is 76.9 Å². The third-order valence-corrected chi connectivity index (χ3v) is 16.6. The number of rotatable bonds is 41. The summed E-state index contributed by atoms with van der Waals surface area (Å²) in [4.78, 5) is 183. The van der Waals surface area contributed by atoms with Gasteiger partial charge in [-0.2, -0.15) is 11.8 Å². The quantitative estimate of drug-likeness (QED) is 0.0222. The first kappa shape index (κ1) is 77.7. The molecule has 4 aromatic heterocycles. The van der Waals surface area contributed by atoms with E-state index in [-0.39, 0.29) is 104 Å². The molecule has 0 saturated heterocycles. The molecule has 9 amide bonds. The molecule has 0 saturated carbocycles. The van der Waals surface area contributed by atoms with Gasteiger partial charge in [0.2, 0.25) is 53.2 Å². The van der Waals surface area contributed by atoms with Crippen molar-refractivity contribution in [3.63, 3.8) is 0 Å². The van der Waals surface area contributed by atoms with E-state index in [1.165, 1.54) is 135 Å². The lowest BCUT2D eigenvalue weighted by Crippen LogP contribution is -2.61. The second-order valence-corrected chi connectivity index (χ2v) is 25.5. The Morgan fingerprint density at radius 3 is 0.912 bits per heavy atom. The predicted octanol–water partition coefficient (Wildman–Crippen LogP) is -0.866. The summed E-state index contributed by atoms with van der Waals surface area (Å²) in [5, 5.41) is 73.9. The van der Waals surface area contributed by atoms with Crippen LogP contribution in [0.3, 0.4) is 0 Å². The highest BCUT2D eigenvalue weighted by atomic mass is 32.2. The number of benzene rings is 3. The first-order valence-electron chi connectivity index (χ1n) is 32.5. The first-order chi connectivity index (χ1) is 48.8. The average molecular weight is 1430 g/mol. The minimum atomic E-state index is -1.79. The Hall–Kier alpha value is -11.6. The second kappa shape index (κ2) is 38.7. The van der Waals surface area contributed by atoms with E-state index >= 15 is 9.59 Å². The number of nitrogens with one attached hydrogen (secondary N) is 13. The molecule has 4 heterocycles. The molecule has 0 unspecified atom stereocenters. The Balaban J connectivity index is 1.17. The number of aliphatic carboxylic acids is 2. The van der Waals surface area contributed by atoms with Crippen molar-refractivity contribution in [1.82, 2.24) is 87.7 Å². The van der Waals surface area contributed by atoms with Crippen molar-refractivity contribution in [2.45, 2.75) is 145 Å². The molecule has 3 aromatic carbocycles. The molecule has 35 heteroatoms. The number of carbonyl (C=O) groups excluding carboxylic acids is 9. The Bertz CT molecular complexity index is 3880. The average Bonchev–Trinajstić information content (AvgIpc) is 1.08. The normalized spacial score (nSPS) is 14.1. The standard InChI is InChI=1S/C67H84N18O16S/c1-36(2)20-56(67(100)101)85-66(99)55(27-43-31-72-35-76-43)84-64(97)52(24-40-28-69-32-73-40)81-59(92)48(16-17-57(89)90)77-60(93)50(22-38-6-12-45(87)13-7-38)80-63(96)53(25-41-29-70-33-74-41)83-65(98)54(26-42-30-71-34-75-42)82-62(95)51(23-39-8-14-46(88)15-9-39)79-61(94)49(21-37-4-10-44(86)11-5-37)78-58(91)47(68)18-19-102-3/h4-15,28-36,47-56,86-88H,16-27,68H2,1-3H3,(H,69,73)(H,70,74)(H,71,75)(H,72,76)(H,77,93)(H,78,91)(H,79,94)(H,80,96)(H,81,92)(H,82,95)(H,83,98)(H,84,97)(H,85,99)(H,89,90)(H,100,101)/t47-,48-,49-,50-,51-,52-,53-,54-,55-,56-/m0/s1. The Morgan fingerprint density at radius 1 is 0.392 bits per heavy atom. The maximum Gasteiger partial charge on any atom is 0.326 e. The number of H-pyrrole nitrogens is 4. The summed E-state index contributed by atoms with van der Waals surface area (Å²) in [6.07, 6.45) is 9.65. The highest BCUT2D eigenvalue weighted by Gasteiger charge is 2.37. The summed E-state index contributed by atoms with van der Waals surface area (Å²) < 4.78 is 0. The molecule has 544 valence electrons.